The number of rotatable bonds is 4. The molecule has 1 aromatic carbocycles. The van der Waals surface area contributed by atoms with Crippen molar-refractivity contribution in [3.8, 4) is 0 Å². The zero-order valence-corrected chi connectivity index (χ0v) is 16.0. The van der Waals surface area contributed by atoms with Gasteiger partial charge >= 0.3 is 0 Å². The minimum absolute atomic E-state index is 0.0136. The predicted octanol–water partition coefficient (Wildman–Crippen LogP) is 1.82. The summed E-state index contributed by atoms with van der Waals surface area (Å²) in [7, 11) is 0. The number of nitro groups is 1. The molecule has 28 heavy (non-hydrogen) atoms. The summed E-state index contributed by atoms with van der Waals surface area (Å²) < 4.78 is 0. The van der Waals surface area contributed by atoms with E-state index in [2.05, 4.69) is 4.90 Å². The molecule has 0 aliphatic carbocycles. The van der Waals surface area contributed by atoms with Gasteiger partial charge < -0.3 is 9.80 Å². The van der Waals surface area contributed by atoms with Crippen LogP contribution in [0.3, 0.4) is 0 Å². The van der Waals surface area contributed by atoms with Crippen molar-refractivity contribution in [1.82, 2.24) is 9.80 Å². The van der Waals surface area contributed by atoms with Crippen LogP contribution in [0.15, 0.2) is 18.2 Å². The van der Waals surface area contributed by atoms with Crippen molar-refractivity contribution in [2.24, 2.45) is 5.92 Å². The molecule has 0 N–H and O–H groups in total. The van der Waals surface area contributed by atoms with Gasteiger partial charge in [-0.3, -0.25) is 24.6 Å². The summed E-state index contributed by atoms with van der Waals surface area (Å²) in [6, 6.07) is 4.74. The first-order valence-corrected chi connectivity index (χ1v) is 10.1. The zero-order valence-electron chi connectivity index (χ0n) is 16.0. The molecule has 2 saturated heterocycles. The molecule has 2 fully saturated rings. The van der Waals surface area contributed by atoms with Crippen LogP contribution in [-0.4, -0.2) is 65.8 Å². The van der Waals surface area contributed by atoms with Crippen LogP contribution < -0.4 is 4.90 Å². The number of nitro benzene ring substituents is 1. The lowest BCUT2D eigenvalue weighted by Crippen LogP contribution is -2.45. The number of piperidine rings is 1. The number of benzene rings is 1. The SMILES string of the molecule is O=C(C1CCN(CC(=O)N2CCc3ccc([N+](=O)[O-])cc32)CC1)N1CCCC1. The Balaban J connectivity index is 1.33. The molecule has 0 spiro atoms. The number of non-ortho nitro benzene ring substituents is 1. The van der Waals surface area contributed by atoms with Crippen molar-refractivity contribution in [3.63, 3.8) is 0 Å². The molecule has 0 radical (unpaired) electrons. The van der Waals surface area contributed by atoms with Gasteiger partial charge in [-0.2, -0.15) is 0 Å². The first kappa shape index (κ1) is 18.9. The quantitative estimate of drug-likeness (QED) is 0.582. The molecular weight excluding hydrogens is 360 g/mol. The van der Waals surface area contributed by atoms with E-state index in [4.69, 9.17) is 0 Å². The number of hydrogen-bond acceptors (Lipinski definition) is 5. The van der Waals surface area contributed by atoms with Crippen molar-refractivity contribution in [2.45, 2.75) is 32.1 Å². The van der Waals surface area contributed by atoms with Gasteiger partial charge in [0.2, 0.25) is 11.8 Å². The maximum Gasteiger partial charge on any atom is 0.271 e. The Hall–Kier alpha value is -2.48. The third-order valence-corrected chi connectivity index (χ3v) is 6.19. The highest BCUT2D eigenvalue weighted by Crippen LogP contribution is 2.32. The number of nitrogens with zero attached hydrogens (tertiary/aromatic N) is 4. The van der Waals surface area contributed by atoms with Crippen molar-refractivity contribution in [3.05, 3.63) is 33.9 Å². The van der Waals surface area contributed by atoms with Crippen LogP contribution in [0.25, 0.3) is 0 Å². The minimum atomic E-state index is -0.427. The molecule has 8 nitrogen and oxygen atoms in total. The lowest BCUT2D eigenvalue weighted by molar-refractivity contribution is -0.384. The molecule has 4 rings (SSSR count). The number of anilines is 1. The molecule has 0 atom stereocenters. The van der Waals surface area contributed by atoms with E-state index in [9.17, 15) is 19.7 Å². The summed E-state index contributed by atoms with van der Waals surface area (Å²) >= 11 is 0. The predicted molar refractivity (Wildman–Crippen MR) is 104 cm³/mol. The molecule has 0 bridgehead atoms. The summed E-state index contributed by atoms with van der Waals surface area (Å²) in [6.07, 6.45) is 4.53. The Morgan fingerprint density at radius 1 is 1.07 bits per heavy atom. The van der Waals surface area contributed by atoms with Crippen molar-refractivity contribution >= 4 is 23.2 Å². The van der Waals surface area contributed by atoms with E-state index in [1.807, 2.05) is 4.90 Å². The molecule has 3 aliphatic heterocycles. The number of likely N-dealkylation sites (tertiary alicyclic amines) is 2. The van der Waals surface area contributed by atoms with Gasteiger partial charge in [0, 0.05) is 37.7 Å². The summed E-state index contributed by atoms with van der Waals surface area (Å²) in [6.45, 7) is 4.12. The molecular formula is C20H26N4O4. The average Bonchev–Trinajstić information content (AvgIpc) is 3.37. The Labute approximate surface area is 164 Å². The van der Waals surface area contributed by atoms with Crippen molar-refractivity contribution in [1.29, 1.82) is 0 Å². The minimum Gasteiger partial charge on any atom is -0.342 e. The summed E-state index contributed by atoms with van der Waals surface area (Å²) in [5, 5.41) is 11.0. The summed E-state index contributed by atoms with van der Waals surface area (Å²) in [5.74, 6) is 0.340. The number of amides is 2. The van der Waals surface area contributed by atoms with E-state index >= 15 is 0 Å². The lowest BCUT2D eigenvalue weighted by Gasteiger charge is -2.33. The topological polar surface area (TPSA) is 87.0 Å². The van der Waals surface area contributed by atoms with Gasteiger partial charge in [-0.15, -0.1) is 0 Å². The van der Waals surface area contributed by atoms with Crippen molar-refractivity contribution < 1.29 is 14.5 Å². The highest BCUT2D eigenvalue weighted by Gasteiger charge is 2.32. The van der Waals surface area contributed by atoms with Gasteiger partial charge in [0.05, 0.1) is 17.2 Å². The van der Waals surface area contributed by atoms with E-state index < -0.39 is 4.92 Å². The molecule has 150 valence electrons. The smallest absolute Gasteiger partial charge is 0.271 e. The average molecular weight is 386 g/mol. The maximum absolute atomic E-state index is 12.8. The van der Waals surface area contributed by atoms with Gasteiger partial charge in [-0.05, 0) is 50.8 Å². The van der Waals surface area contributed by atoms with E-state index in [1.165, 1.54) is 12.1 Å². The first-order valence-electron chi connectivity index (χ1n) is 10.1. The fourth-order valence-corrected chi connectivity index (χ4v) is 4.55. The number of carbonyl (C=O) groups is 2. The number of hydrogen-bond donors (Lipinski definition) is 0. The highest BCUT2D eigenvalue weighted by atomic mass is 16.6. The van der Waals surface area contributed by atoms with E-state index in [0.29, 0.717) is 18.8 Å². The molecule has 1 aromatic rings. The molecule has 0 saturated carbocycles. The van der Waals surface area contributed by atoms with Crippen molar-refractivity contribution in [2.75, 3.05) is 44.2 Å². The van der Waals surface area contributed by atoms with E-state index in [-0.39, 0.29) is 23.4 Å². The van der Waals surface area contributed by atoms with Crippen LogP contribution in [-0.2, 0) is 16.0 Å². The molecule has 3 aliphatic rings. The zero-order chi connectivity index (χ0) is 19.7. The highest BCUT2D eigenvalue weighted by molar-refractivity contribution is 5.97. The van der Waals surface area contributed by atoms with Gasteiger partial charge in [0.25, 0.3) is 5.69 Å². The Bertz CT molecular complexity index is 782. The number of fused-ring (bicyclic) bond motifs is 1. The normalized spacial score (nSPS) is 20.4. The number of carbonyl (C=O) groups excluding carboxylic acids is 2. The Kier molecular flexibility index (Phi) is 5.30. The monoisotopic (exact) mass is 386 g/mol. The Morgan fingerprint density at radius 2 is 1.79 bits per heavy atom. The van der Waals surface area contributed by atoms with E-state index in [1.54, 1.807) is 11.0 Å². The van der Waals surface area contributed by atoms with Crippen LogP contribution in [0.1, 0.15) is 31.2 Å². The van der Waals surface area contributed by atoms with Gasteiger partial charge in [0.15, 0.2) is 0 Å². The second kappa shape index (κ2) is 7.87. The fraction of sp³-hybridized carbons (Fsp3) is 0.600. The molecule has 2 amide bonds. The second-order valence-electron chi connectivity index (χ2n) is 7.95. The summed E-state index contributed by atoms with van der Waals surface area (Å²) in [4.78, 5) is 41.7. The second-order valence-corrected chi connectivity index (χ2v) is 7.95. The Morgan fingerprint density at radius 3 is 2.46 bits per heavy atom. The molecule has 0 unspecified atom stereocenters. The lowest BCUT2D eigenvalue weighted by atomic mass is 9.95. The van der Waals surface area contributed by atoms with Gasteiger partial charge in [0.1, 0.15) is 0 Å². The summed E-state index contributed by atoms with van der Waals surface area (Å²) in [5.41, 5.74) is 1.66. The van der Waals surface area contributed by atoms with Crippen LogP contribution in [0.2, 0.25) is 0 Å². The largest absolute Gasteiger partial charge is 0.342 e. The first-order chi connectivity index (χ1) is 13.5. The maximum atomic E-state index is 12.8. The van der Waals surface area contributed by atoms with Crippen LogP contribution >= 0.6 is 0 Å². The molecule has 8 heteroatoms. The third kappa shape index (κ3) is 3.73. The molecule has 3 heterocycles. The van der Waals surface area contributed by atoms with Gasteiger partial charge in [-0.25, -0.2) is 0 Å². The standard InChI is InChI=1S/C20H26N4O4/c25-19(23-12-7-15-3-4-17(24(27)28)13-18(15)23)14-21-10-5-16(6-11-21)20(26)22-8-1-2-9-22/h3-4,13,16H,1-2,5-12,14H2. The molecule has 0 aromatic heterocycles. The van der Waals surface area contributed by atoms with Crippen LogP contribution in [0.4, 0.5) is 11.4 Å². The van der Waals surface area contributed by atoms with Gasteiger partial charge in [-0.1, -0.05) is 6.07 Å². The van der Waals surface area contributed by atoms with Crippen LogP contribution in [0, 0.1) is 16.0 Å². The fourth-order valence-electron chi connectivity index (χ4n) is 4.55. The van der Waals surface area contributed by atoms with E-state index in [0.717, 1.165) is 63.8 Å². The van der Waals surface area contributed by atoms with Crippen LogP contribution in [0.5, 0.6) is 0 Å². The third-order valence-electron chi connectivity index (χ3n) is 6.19.